The number of hydrogen-bond donors (Lipinski definition) is 1. The highest BCUT2D eigenvalue weighted by atomic mass is 79.9. The van der Waals surface area contributed by atoms with Gasteiger partial charge in [0.25, 0.3) is 0 Å². The van der Waals surface area contributed by atoms with Crippen molar-refractivity contribution in [2.24, 2.45) is 0 Å². The Balaban J connectivity index is 2.07. The quantitative estimate of drug-likeness (QED) is 0.855. The van der Waals surface area contributed by atoms with Crippen LogP contribution in [0.3, 0.4) is 0 Å². The van der Waals surface area contributed by atoms with E-state index in [-0.39, 0.29) is 11.6 Å². The SMILES string of the molecule is COc1cc(NCc2ccc(Cl)c(Br)c2)ccc1F. The Morgan fingerprint density at radius 2 is 2.05 bits per heavy atom. The first-order valence-electron chi connectivity index (χ1n) is 5.61. The molecule has 0 aliphatic heterocycles. The fraction of sp³-hybridized carbons (Fsp3) is 0.143. The second-order valence-electron chi connectivity index (χ2n) is 3.95. The Morgan fingerprint density at radius 1 is 1.26 bits per heavy atom. The molecule has 0 bridgehead atoms. The maximum Gasteiger partial charge on any atom is 0.165 e. The van der Waals surface area contributed by atoms with Crippen LogP contribution < -0.4 is 10.1 Å². The van der Waals surface area contributed by atoms with E-state index >= 15 is 0 Å². The molecule has 0 aliphatic rings. The van der Waals surface area contributed by atoms with Gasteiger partial charge in [-0.2, -0.15) is 0 Å². The van der Waals surface area contributed by atoms with Crippen molar-refractivity contribution in [3.8, 4) is 5.75 Å². The van der Waals surface area contributed by atoms with Crippen LogP contribution in [0, 0.1) is 5.82 Å². The van der Waals surface area contributed by atoms with Crippen LogP contribution in [-0.4, -0.2) is 7.11 Å². The van der Waals surface area contributed by atoms with Gasteiger partial charge in [-0.05, 0) is 45.8 Å². The number of methoxy groups -OCH3 is 1. The third kappa shape index (κ3) is 3.61. The predicted molar refractivity (Wildman–Crippen MR) is 79.4 cm³/mol. The molecule has 2 rings (SSSR count). The normalized spacial score (nSPS) is 10.3. The molecule has 19 heavy (non-hydrogen) atoms. The Kier molecular flexibility index (Phi) is 4.66. The molecule has 0 spiro atoms. The van der Waals surface area contributed by atoms with Crippen molar-refractivity contribution in [2.45, 2.75) is 6.54 Å². The summed E-state index contributed by atoms with van der Waals surface area (Å²) in [6.07, 6.45) is 0. The number of benzene rings is 2. The van der Waals surface area contributed by atoms with Gasteiger partial charge in [0.05, 0.1) is 12.1 Å². The van der Waals surface area contributed by atoms with Gasteiger partial charge >= 0.3 is 0 Å². The van der Waals surface area contributed by atoms with Crippen LogP contribution in [0.2, 0.25) is 5.02 Å². The number of rotatable bonds is 4. The topological polar surface area (TPSA) is 21.3 Å². The summed E-state index contributed by atoms with van der Waals surface area (Å²) >= 11 is 9.30. The summed E-state index contributed by atoms with van der Waals surface area (Å²) in [7, 11) is 1.44. The van der Waals surface area contributed by atoms with Crippen molar-refractivity contribution in [3.05, 3.63) is 57.3 Å². The van der Waals surface area contributed by atoms with Gasteiger partial charge in [0.2, 0.25) is 0 Å². The van der Waals surface area contributed by atoms with Gasteiger partial charge in [-0.15, -0.1) is 0 Å². The maximum absolute atomic E-state index is 13.3. The van der Waals surface area contributed by atoms with Gasteiger partial charge in [0.15, 0.2) is 11.6 Å². The standard InChI is InChI=1S/C14H12BrClFNO/c1-19-14-7-10(3-5-13(14)17)18-8-9-2-4-12(16)11(15)6-9/h2-7,18H,8H2,1H3. The van der Waals surface area contributed by atoms with Gasteiger partial charge in [0, 0.05) is 22.8 Å². The average molecular weight is 345 g/mol. The van der Waals surface area contributed by atoms with E-state index in [0.717, 1.165) is 15.7 Å². The van der Waals surface area contributed by atoms with Gasteiger partial charge in [-0.1, -0.05) is 17.7 Å². The molecule has 1 N–H and O–H groups in total. The van der Waals surface area contributed by atoms with Crippen LogP contribution in [0.4, 0.5) is 10.1 Å². The van der Waals surface area contributed by atoms with Crippen molar-refractivity contribution >= 4 is 33.2 Å². The predicted octanol–water partition coefficient (Wildman–Crippen LogP) is 4.86. The van der Waals surface area contributed by atoms with E-state index in [1.807, 2.05) is 18.2 Å². The number of nitrogens with one attached hydrogen (secondary N) is 1. The van der Waals surface area contributed by atoms with Crippen LogP contribution >= 0.6 is 27.5 Å². The zero-order chi connectivity index (χ0) is 13.8. The summed E-state index contributed by atoms with van der Waals surface area (Å²) in [6, 6.07) is 10.4. The highest BCUT2D eigenvalue weighted by molar-refractivity contribution is 9.10. The van der Waals surface area contributed by atoms with Crippen molar-refractivity contribution in [1.29, 1.82) is 0 Å². The van der Waals surface area contributed by atoms with E-state index in [1.165, 1.54) is 13.2 Å². The third-order valence-corrected chi connectivity index (χ3v) is 3.85. The van der Waals surface area contributed by atoms with Crippen LogP contribution in [0.1, 0.15) is 5.56 Å². The van der Waals surface area contributed by atoms with Gasteiger partial charge in [-0.3, -0.25) is 0 Å². The highest BCUT2D eigenvalue weighted by Gasteiger charge is 2.04. The second-order valence-corrected chi connectivity index (χ2v) is 5.21. The number of ether oxygens (including phenoxy) is 1. The second kappa shape index (κ2) is 6.26. The summed E-state index contributed by atoms with van der Waals surface area (Å²) in [5.41, 5.74) is 1.86. The molecule has 0 aromatic heterocycles. The lowest BCUT2D eigenvalue weighted by atomic mass is 10.2. The molecule has 0 unspecified atom stereocenters. The summed E-state index contributed by atoms with van der Waals surface area (Å²) < 4.78 is 19.0. The minimum absolute atomic E-state index is 0.224. The molecule has 0 atom stereocenters. The van der Waals surface area contributed by atoms with E-state index in [0.29, 0.717) is 11.6 Å². The van der Waals surface area contributed by atoms with Gasteiger partial charge in [-0.25, -0.2) is 4.39 Å². The zero-order valence-corrected chi connectivity index (χ0v) is 12.6. The molecule has 0 aliphatic carbocycles. The molecule has 0 heterocycles. The molecule has 0 amide bonds. The molecule has 0 radical (unpaired) electrons. The van der Waals surface area contributed by atoms with Crippen molar-refractivity contribution in [3.63, 3.8) is 0 Å². The van der Waals surface area contributed by atoms with Crippen LogP contribution in [0.25, 0.3) is 0 Å². The number of hydrogen-bond acceptors (Lipinski definition) is 2. The fourth-order valence-electron chi connectivity index (χ4n) is 1.62. The zero-order valence-electron chi connectivity index (χ0n) is 10.2. The minimum atomic E-state index is -0.373. The van der Waals surface area contributed by atoms with E-state index in [2.05, 4.69) is 21.2 Å². The molecular formula is C14H12BrClFNO. The Labute approximate surface area is 124 Å². The Bertz CT molecular complexity index is 592. The maximum atomic E-state index is 13.3. The lowest BCUT2D eigenvalue weighted by Crippen LogP contribution is -2.00. The van der Waals surface area contributed by atoms with Crippen LogP contribution in [0.5, 0.6) is 5.75 Å². The summed E-state index contributed by atoms with van der Waals surface area (Å²) in [5.74, 6) is -0.149. The van der Waals surface area contributed by atoms with E-state index in [4.69, 9.17) is 16.3 Å². The van der Waals surface area contributed by atoms with Crippen molar-refractivity contribution < 1.29 is 9.13 Å². The molecule has 2 aromatic rings. The number of anilines is 1. The summed E-state index contributed by atoms with van der Waals surface area (Å²) in [4.78, 5) is 0. The average Bonchev–Trinajstić information content (AvgIpc) is 2.41. The molecule has 100 valence electrons. The highest BCUT2D eigenvalue weighted by Crippen LogP contribution is 2.25. The smallest absolute Gasteiger partial charge is 0.165 e. The first kappa shape index (κ1) is 14.2. The number of halogens is 3. The monoisotopic (exact) mass is 343 g/mol. The van der Waals surface area contributed by atoms with E-state index in [1.54, 1.807) is 12.1 Å². The first-order valence-corrected chi connectivity index (χ1v) is 6.78. The largest absolute Gasteiger partial charge is 0.494 e. The molecule has 2 aromatic carbocycles. The molecule has 0 saturated carbocycles. The van der Waals surface area contributed by atoms with Crippen LogP contribution in [-0.2, 0) is 6.54 Å². The lowest BCUT2D eigenvalue weighted by molar-refractivity contribution is 0.387. The molecule has 5 heteroatoms. The fourth-order valence-corrected chi connectivity index (χ4v) is 2.17. The Morgan fingerprint density at radius 3 is 2.74 bits per heavy atom. The summed E-state index contributed by atoms with van der Waals surface area (Å²) in [6.45, 7) is 0.616. The molecule has 2 nitrogen and oxygen atoms in total. The molecule has 0 saturated heterocycles. The molecule has 0 fully saturated rings. The lowest BCUT2D eigenvalue weighted by Gasteiger charge is -2.09. The van der Waals surface area contributed by atoms with Crippen molar-refractivity contribution in [1.82, 2.24) is 0 Å². The van der Waals surface area contributed by atoms with E-state index < -0.39 is 0 Å². The van der Waals surface area contributed by atoms with E-state index in [9.17, 15) is 4.39 Å². The van der Waals surface area contributed by atoms with Crippen molar-refractivity contribution in [2.75, 3.05) is 12.4 Å². The summed E-state index contributed by atoms with van der Waals surface area (Å²) in [5, 5.41) is 3.87. The van der Waals surface area contributed by atoms with Crippen LogP contribution in [0.15, 0.2) is 40.9 Å². The van der Waals surface area contributed by atoms with Gasteiger partial charge in [0.1, 0.15) is 0 Å². The Hall–Kier alpha value is -1.26. The van der Waals surface area contributed by atoms with Gasteiger partial charge < -0.3 is 10.1 Å². The third-order valence-electron chi connectivity index (χ3n) is 2.63. The first-order chi connectivity index (χ1) is 9.10. The molecular weight excluding hydrogens is 333 g/mol. The minimum Gasteiger partial charge on any atom is -0.494 e.